The second-order valence-corrected chi connectivity index (χ2v) is 1.81. The van der Waals surface area contributed by atoms with Gasteiger partial charge in [0.15, 0.2) is 0 Å². The summed E-state index contributed by atoms with van der Waals surface area (Å²) < 4.78 is 4.15. The summed E-state index contributed by atoms with van der Waals surface area (Å²) in [5, 5.41) is 0. The van der Waals surface area contributed by atoms with Gasteiger partial charge >= 0.3 is 0 Å². The average Bonchev–Trinajstić information content (AvgIpc) is 2.08. The van der Waals surface area contributed by atoms with Crippen LogP contribution in [0.25, 0.3) is 0 Å². The molecule has 0 aliphatic heterocycles. The Labute approximate surface area is 71.4 Å². The lowest BCUT2D eigenvalue weighted by atomic mass is 10.5. The molecule has 1 aromatic heterocycles. The Bertz CT molecular complexity index is 201. The van der Waals surface area contributed by atoms with Gasteiger partial charge in [0.05, 0.1) is 6.61 Å². The molecule has 0 radical (unpaired) electrons. The minimum Gasteiger partial charge on any atom is -0.468 e. The zero-order valence-electron chi connectivity index (χ0n) is 6.93. The van der Waals surface area contributed by atoms with Crippen molar-refractivity contribution in [3.8, 4) is 0 Å². The largest absolute Gasteiger partial charge is 0.468 e. The van der Waals surface area contributed by atoms with Crippen molar-refractivity contribution in [2.45, 2.75) is 6.92 Å². The zero-order valence-corrected chi connectivity index (χ0v) is 6.93. The summed E-state index contributed by atoms with van der Waals surface area (Å²) in [6.45, 7) is 2.66. The van der Waals surface area contributed by atoms with Crippen LogP contribution in [0.3, 0.4) is 0 Å². The maximum atomic E-state index is 9.18. The first-order valence-corrected chi connectivity index (χ1v) is 3.53. The number of carbonyl (C=O) groups excluding carboxylic acids is 1. The number of nitrogens with zero attached hydrogens (tertiary/aromatic N) is 1. The third kappa shape index (κ3) is 6.54. The highest BCUT2D eigenvalue weighted by Gasteiger charge is 1.73. The van der Waals surface area contributed by atoms with Crippen LogP contribution in [0.1, 0.15) is 6.92 Å². The Balaban J connectivity index is 0.000000217. The van der Waals surface area contributed by atoms with E-state index in [-0.39, 0.29) is 0 Å². The molecule has 0 saturated carbocycles. The van der Waals surface area contributed by atoms with Crippen LogP contribution in [0.4, 0.5) is 5.82 Å². The molecule has 1 aromatic rings. The van der Waals surface area contributed by atoms with Gasteiger partial charge in [-0.2, -0.15) is 0 Å². The van der Waals surface area contributed by atoms with Gasteiger partial charge in [-0.25, -0.2) is 4.98 Å². The lowest BCUT2D eigenvalue weighted by molar-refractivity contribution is -0.128. The standard InChI is InChI=1S/C5H6N2.C3H6O2/c6-5-3-1-2-4-7-5;1-2-5-3-4/h1-4H,(H2,6,7);3H,2H2,1H3. The fourth-order valence-corrected chi connectivity index (χ4v) is 0.444. The fraction of sp³-hybridized carbons (Fsp3) is 0.250. The number of ether oxygens (including phenoxy) is 1. The van der Waals surface area contributed by atoms with E-state index in [9.17, 15) is 4.79 Å². The first-order valence-electron chi connectivity index (χ1n) is 3.53. The van der Waals surface area contributed by atoms with Crippen molar-refractivity contribution in [1.82, 2.24) is 4.98 Å². The molecule has 0 bridgehead atoms. The van der Waals surface area contributed by atoms with E-state index in [0.717, 1.165) is 0 Å². The van der Waals surface area contributed by atoms with Gasteiger partial charge < -0.3 is 10.5 Å². The third-order valence-corrected chi connectivity index (χ3v) is 0.922. The van der Waals surface area contributed by atoms with E-state index in [1.165, 1.54) is 0 Å². The average molecular weight is 168 g/mol. The van der Waals surface area contributed by atoms with Crippen molar-refractivity contribution in [2.75, 3.05) is 12.3 Å². The molecule has 1 heterocycles. The Morgan fingerprint density at radius 2 is 2.42 bits per heavy atom. The van der Waals surface area contributed by atoms with Gasteiger partial charge in [-0.05, 0) is 19.1 Å². The molecule has 12 heavy (non-hydrogen) atoms. The van der Waals surface area contributed by atoms with Crippen LogP contribution in [0, 0.1) is 0 Å². The molecule has 0 fully saturated rings. The highest BCUT2D eigenvalue weighted by atomic mass is 16.5. The second-order valence-electron chi connectivity index (χ2n) is 1.81. The van der Waals surface area contributed by atoms with Crippen molar-refractivity contribution in [1.29, 1.82) is 0 Å². The van der Waals surface area contributed by atoms with E-state index in [0.29, 0.717) is 18.9 Å². The third-order valence-electron chi connectivity index (χ3n) is 0.922. The number of aromatic nitrogens is 1. The topological polar surface area (TPSA) is 65.2 Å². The van der Waals surface area contributed by atoms with Gasteiger partial charge in [0.1, 0.15) is 5.82 Å². The molecule has 2 N–H and O–H groups in total. The Hall–Kier alpha value is -1.58. The van der Waals surface area contributed by atoms with E-state index >= 15 is 0 Å². The number of anilines is 1. The SMILES string of the molecule is CCOC=O.Nc1ccccn1. The summed E-state index contributed by atoms with van der Waals surface area (Å²) in [5.41, 5.74) is 5.25. The Morgan fingerprint density at radius 3 is 2.58 bits per heavy atom. The van der Waals surface area contributed by atoms with Crippen molar-refractivity contribution in [3.63, 3.8) is 0 Å². The number of rotatable bonds is 2. The van der Waals surface area contributed by atoms with Crippen LogP contribution in [0.2, 0.25) is 0 Å². The van der Waals surface area contributed by atoms with E-state index in [1.807, 2.05) is 12.1 Å². The molecule has 1 rings (SSSR count). The van der Waals surface area contributed by atoms with Crippen molar-refractivity contribution in [2.24, 2.45) is 0 Å². The van der Waals surface area contributed by atoms with Crippen LogP contribution >= 0.6 is 0 Å². The number of pyridine rings is 1. The van der Waals surface area contributed by atoms with Crippen LogP contribution < -0.4 is 5.73 Å². The fourth-order valence-electron chi connectivity index (χ4n) is 0.444. The van der Waals surface area contributed by atoms with Gasteiger partial charge in [-0.1, -0.05) is 6.07 Å². The number of carbonyl (C=O) groups is 1. The predicted molar refractivity (Wildman–Crippen MR) is 46.3 cm³/mol. The number of hydrogen-bond donors (Lipinski definition) is 1. The maximum absolute atomic E-state index is 9.18. The Kier molecular flexibility index (Phi) is 6.54. The highest BCUT2D eigenvalue weighted by Crippen LogP contribution is 1.89. The van der Waals surface area contributed by atoms with E-state index in [4.69, 9.17) is 5.73 Å². The summed E-state index contributed by atoms with van der Waals surface area (Å²) in [7, 11) is 0. The van der Waals surface area contributed by atoms with Gasteiger partial charge in [-0.15, -0.1) is 0 Å². The lowest BCUT2D eigenvalue weighted by Crippen LogP contribution is -1.85. The Morgan fingerprint density at radius 1 is 1.67 bits per heavy atom. The first-order chi connectivity index (χ1) is 5.81. The van der Waals surface area contributed by atoms with Crippen molar-refractivity contribution in [3.05, 3.63) is 24.4 Å². The van der Waals surface area contributed by atoms with Crippen LogP contribution in [0.15, 0.2) is 24.4 Å². The quantitative estimate of drug-likeness (QED) is 0.664. The monoisotopic (exact) mass is 168 g/mol. The van der Waals surface area contributed by atoms with Crippen molar-refractivity contribution >= 4 is 12.3 Å². The van der Waals surface area contributed by atoms with Crippen molar-refractivity contribution < 1.29 is 9.53 Å². The second kappa shape index (κ2) is 7.53. The molecule has 66 valence electrons. The number of nitrogen functional groups attached to an aromatic ring is 1. The molecule has 0 unspecified atom stereocenters. The molecule has 0 aromatic carbocycles. The molecule has 4 heteroatoms. The molecule has 0 aliphatic carbocycles. The summed E-state index contributed by atoms with van der Waals surface area (Å²) in [6, 6.07) is 5.43. The minimum absolute atomic E-state index is 0.431. The predicted octanol–water partition coefficient (Wildman–Crippen LogP) is 0.843. The normalized spacial score (nSPS) is 7.75. The molecule has 0 atom stereocenters. The summed E-state index contributed by atoms with van der Waals surface area (Å²) in [4.78, 5) is 12.9. The van der Waals surface area contributed by atoms with E-state index in [1.54, 1.807) is 19.2 Å². The molecule has 0 spiro atoms. The van der Waals surface area contributed by atoms with Gasteiger partial charge in [0.2, 0.25) is 0 Å². The van der Waals surface area contributed by atoms with Gasteiger partial charge in [0.25, 0.3) is 6.47 Å². The summed E-state index contributed by atoms with van der Waals surface area (Å²) in [6.07, 6.45) is 1.66. The first kappa shape index (κ1) is 10.4. The van der Waals surface area contributed by atoms with Crippen LogP contribution in [-0.4, -0.2) is 18.1 Å². The highest BCUT2D eigenvalue weighted by molar-refractivity contribution is 5.36. The van der Waals surface area contributed by atoms with Crippen LogP contribution in [-0.2, 0) is 9.53 Å². The molecular weight excluding hydrogens is 156 g/mol. The number of hydrogen-bond acceptors (Lipinski definition) is 4. The van der Waals surface area contributed by atoms with E-state index in [2.05, 4.69) is 9.72 Å². The zero-order chi connectivity index (χ0) is 9.23. The van der Waals surface area contributed by atoms with Gasteiger partial charge in [0, 0.05) is 6.20 Å². The smallest absolute Gasteiger partial charge is 0.293 e. The lowest BCUT2D eigenvalue weighted by Gasteiger charge is -1.82. The summed E-state index contributed by atoms with van der Waals surface area (Å²) in [5.74, 6) is 0.572. The molecule has 0 saturated heterocycles. The summed E-state index contributed by atoms with van der Waals surface area (Å²) >= 11 is 0. The molecule has 0 aliphatic rings. The molecular formula is C8H12N2O2. The molecule has 0 amide bonds. The van der Waals surface area contributed by atoms with Gasteiger partial charge in [-0.3, -0.25) is 4.79 Å². The van der Waals surface area contributed by atoms with Crippen LogP contribution in [0.5, 0.6) is 0 Å². The number of nitrogens with two attached hydrogens (primary N) is 1. The van der Waals surface area contributed by atoms with E-state index < -0.39 is 0 Å². The molecule has 4 nitrogen and oxygen atoms in total. The minimum atomic E-state index is 0.431. The maximum Gasteiger partial charge on any atom is 0.293 e.